The fraction of sp³-hybridized carbons (Fsp3) is 0.238. The number of hydrogen-bond donors (Lipinski definition) is 1. The predicted octanol–water partition coefficient (Wildman–Crippen LogP) is 6.32. The van der Waals surface area contributed by atoms with Gasteiger partial charge in [0, 0.05) is 10.9 Å². The molecule has 1 heterocycles. The van der Waals surface area contributed by atoms with Crippen LogP contribution in [0.25, 0.3) is 11.3 Å². The van der Waals surface area contributed by atoms with Crippen molar-refractivity contribution in [1.29, 1.82) is 0 Å². The lowest BCUT2D eigenvalue weighted by Gasteiger charge is -2.06. The normalized spacial score (nSPS) is 11.1. The summed E-state index contributed by atoms with van der Waals surface area (Å²) in [7, 11) is 0. The van der Waals surface area contributed by atoms with E-state index in [9.17, 15) is 0 Å². The molecular formula is C21H22ClN3OS. The number of rotatable bonds is 7. The molecule has 0 aliphatic heterocycles. The third-order valence-corrected chi connectivity index (χ3v) is 5.14. The van der Waals surface area contributed by atoms with Gasteiger partial charge >= 0.3 is 0 Å². The Hall–Kier alpha value is -2.37. The second-order valence-corrected chi connectivity index (χ2v) is 7.51. The Kier molecular flexibility index (Phi) is 6.48. The lowest BCUT2D eigenvalue weighted by atomic mass is 10.1. The third-order valence-electron chi connectivity index (χ3n) is 4.10. The zero-order chi connectivity index (χ0) is 19.2. The number of halogens is 1. The number of aryl methyl sites for hydroxylation is 2. The van der Waals surface area contributed by atoms with Gasteiger partial charge in [0.2, 0.25) is 5.13 Å². The van der Waals surface area contributed by atoms with Crippen molar-refractivity contribution in [2.45, 2.75) is 27.2 Å². The van der Waals surface area contributed by atoms with E-state index in [0.29, 0.717) is 17.4 Å². The summed E-state index contributed by atoms with van der Waals surface area (Å²) in [4.78, 5) is 4.60. The molecule has 0 atom stereocenters. The van der Waals surface area contributed by atoms with Gasteiger partial charge in [-0.25, -0.2) is 4.98 Å². The number of benzene rings is 2. The maximum atomic E-state index is 6.24. The van der Waals surface area contributed by atoms with E-state index in [1.807, 2.05) is 23.6 Å². The number of aromatic nitrogens is 1. The van der Waals surface area contributed by atoms with Gasteiger partial charge in [-0.05, 0) is 61.2 Å². The van der Waals surface area contributed by atoms with Crippen LogP contribution >= 0.6 is 22.9 Å². The van der Waals surface area contributed by atoms with Crippen molar-refractivity contribution in [3.8, 4) is 17.0 Å². The number of anilines is 1. The second-order valence-electron chi connectivity index (χ2n) is 6.25. The van der Waals surface area contributed by atoms with Crippen molar-refractivity contribution in [3.63, 3.8) is 0 Å². The Bertz CT molecular complexity index is 952. The average Bonchev–Trinajstić information content (AvgIpc) is 3.12. The van der Waals surface area contributed by atoms with Crippen LogP contribution in [-0.4, -0.2) is 17.8 Å². The number of thiazole rings is 1. The summed E-state index contributed by atoms with van der Waals surface area (Å²) in [6, 6.07) is 12.0. The maximum Gasteiger partial charge on any atom is 0.203 e. The first-order chi connectivity index (χ1) is 13.1. The third kappa shape index (κ3) is 5.08. The van der Waals surface area contributed by atoms with Crippen molar-refractivity contribution in [1.82, 2.24) is 4.98 Å². The van der Waals surface area contributed by atoms with E-state index in [2.05, 4.69) is 54.5 Å². The summed E-state index contributed by atoms with van der Waals surface area (Å²) in [6.45, 7) is 6.93. The smallest absolute Gasteiger partial charge is 0.203 e. The lowest BCUT2D eigenvalue weighted by Crippen LogP contribution is -1.96. The van der Waals surface area contributed by atoms with Crippen LogP contribution in [0.2, 0.25) is 5.02 Å². The first kappa shape index (κ1) is 19.4. The maximum absolute atomic E-state index is 6.24. The van der Waals surface area contributed by atoms with Crippen LogP contribution in [0.1, 0.15) is 30.0 Å². The molecule has 0 aliphatic carbocycles. The molecule has 0 saturated heterocycles. The molecule has 0 fully saturated rings. The van der Waals surface area contributed by atoms with Crippen LogP contribution < -0.4 is 10.2 Å². The number of hydrogen-bond acceptors (Lipinski definition) is 5. The molecule has 0 unspecified atom stereocenters. The van der Waals surface area contributed by atoms with E-state index in [1.54, 1.807) is 6.21 Å². The van der Waals surface area contributed by atoms with Crippen molar-refractivity contribution in [3.05, 3.63) is 63.5 Å². The molecule has 27 heavy (non-hydrogen) atoms. The number of nitrogens with one attached hydrogen (secondary N) is 1. The summed E-state index contributed by atoms with van der Waals surface area (Å²) < 4.78 is 5.57. The quantitative estimate of drug-likeness (QED) is 0.373. The largest absolute Gasteiger partial charge is 0.492 e. The van der Waals surface area contributed by atoms with Crippen molar-refractivity contribution >= 4 is 34.3 Å². The number of ether oxygens (including phenoxy) is 1. The molecule has 0 radical (unpaired) electrons. The highest BCUT2D eigenvalue weighted by Gasteiger charge is 2.05. The van der Waals surface area contributed by atoms with Crippen LogP contribution in [0.5, 0.6) is 5.75 Å². The summed E-state index contributed by atoms with van der Waals surface area (Å²) in [5, 5.41) is 7.61. The number of nitrogens with zero attached hydrogens (tertiary/aromatic N) is 2. The highest BCUT2D eigenvalue weighted by Crippen LogP contribution is 2.27. The Morgan fingerprint density at radius 2 is 2.04 bits per heavy atom. The second kappa shape index (κ2) is 9.02. The standard InChI is InChI=1S/C21H22ClN3OS/c1-4-9-26-20-8-6-16(11-18(20)22)12-23-25-21-24-19(13-27-21)17-7-5-14(2)15(3)10-17/h5-8,10-13H,4,9H2,1-3H3,(H,24,25)/b23-12-. The van der Waals surface area contributed by atoms with Gasteiger partial charge in [-0.15, -0.1) is 11.3 Å². The molecular weight excluding hydrogens is 378 g/mol. The zero-order valence-corrected chi connectivity index (χ0v) is 17.2. The van der Waals surface area contributed by atoms with E-state index < -0.39 is 0 Å². The molecule has 4 nitrogen and oxygen atoms in total. The highest BCUT2D eigenvalue weighted by atomic mass is 35.5. The molecule has 3 rings (SSSR count). The molecule has 0 saturated carbocycles. The molecule has 0 aliphatic rings. The summed E-state index contributed by atoms with van der Waals surface area (Å²) in [5.74, 6) is 0.696. The van der Waals surface area contributed by atoms with Gasteiger partial charge in [-0.1, -0.05) is 30.7 Å². The van der Waals surface area contributed by atoms with Crippen molar-refractivity contribution in [2.75, 3.05) is 12.0 Å². The number of hydrazone groups is 1. The molecule has 140 valence electrons. The van der Waals surface area contributed by atoms with Gasteiger partial charge in [0.25, 0.3) is 0 Å². The van der Waals surface area contributed by atoms with Crippen LogP contribution in [0.15, 0.2) is 46.9 Å². The topological polar surface area (TPSA) is 46.5 Å². The molecule has 0 spiro atoms. The Morgan fingerprint density at radius 1 is 1.19 bits per heavy atom. The monoisotopic (exact) mass is 399 g/mol. The summed E-state index contributed by atoms with van der Waals surface area (Å²) >= 11 is 7.76. The van der Waals surface area contributed by atoms with Crippen molar-refractivity contribution in [2.24, 2.45) is 5.10 Å². The fourth-order valence-corrected chi connectivity index (χ4v) is 3.36. The van der Waals surface area contributed by atoms with Crippen molar-refractivity contribution < 1.29 is 4.74 Å². The van der Waals surface area contributed by atoms with Crippen LogP contribution in [0.4, 0.5) is 5.13 Å². The van der Waals surface area contributed by atoms with Crippen LogP contribution in [-0.2, 0) is 0 Å². The fourth-order valence-electron chi connectivity index (χ4n) is 2.45. The summed E-state index contributed by atoms with van der Waals surface area (Å²) in [6.07, 6.45) is 2.66. The minimum absolute atomic E-state index is 0.582. The van der Waals surface area contributed by atoms with Gasteiger partial charge in [0.05, 0.1) is 23.5 Å². The highest BCUT2D eigenvalue weighted by molar-refractivity contribution is 7.14. The first-order valence-electron chi connectivity index (χ1n) is 8.81. The van der Waals surface area contributed by atoms with Gasteiger partial charge in [0.1, 0.15) is 5.75 Å². The Balaban J connectivity index is 1.64. The molecule has 6 heteroatoms. The molecule has 1 aromatic heterocycles. The Labute approximate surface area is 168 Å². The van der Waals surface area contributed by atoms with Gasteiger partial charge in [-0.2, -0.15) is 5.10 Å². The minimum atomic E-state index is 0.582. The molecule has 3 aromatic rings. The van der Waals surface area contributed by atoms with Gasteiger partial charge < -0.3 is 4.74 Å². The Morgan fingerprint density at radius 3 is 2.78 bits per heavy atom. The minimum Gasteiger partial charge on any atom is -0.492 e. The predicted molar refractivity (Wildman–Crippen MR) is 115 cm³/mol. The van der Waals surface area contributed by atoms with E-state index in [0.717, 1.165) is 28.4 Å². The molecule has 0 bridgehead atoms. The molecule has 1 N–H and O–H groups in total. The average molecular weight is 400 g/mol. The summed E-state index contributed by atoms with van der Waals surface area (Å²) in [5.41, 5.74) is 8.47. The van der Waals surface area contributed by atoms with Crippen LogP contribution in [0.3, 0.4) is 0 Å². The van der Waals surface area contributed by atoms with E-state index >= 15 is 0 Å². The van der Waals surface area contributed by atoms with Gasteiger partial charge in [0.15, 0.2) is 0 Å². The van der Waals surface area contributed by atoms with E-state index in [1.165, 1.54) is 22.5 Å². The molecule has 0 amide bonds. The van der Waals surface area contributed by atoms with Crippen LogP contribution in [0, 0.1) is 13.8 Å². The SMILES string of the molecule is CCCOc1ccc(/C=N\Nc2nc(-c3ccc(C)c(C)c3)cs2)cc1Cl. The molecule has 2 aromatic carbocycles. The zero-order valence-electron chi connectivity index (χ0n) is 15.6. The van der Waals surface area contributed by atoms with E-state index in [-0.39, 0.29) is 0 Å². The van der Waals surface area contributed by atoms with E-state index in [4.69, 9.17) is 16.3 Å². The first-order valence-corrected chi connectivity index (χ1v) is 10.1. The lowest BCUT2D eigenvalue weighted by molar-refractivity contribution is 0.317. The van der Waals surface area contributed by atoms with Gasteiger partial charge in [-0.3, -0.25) is 5.43 Å².